The van der Waals surface area contributed by atoms with Gasteiger partial charge in [0.2, 0.25) is 11.9 Å². The Balaban J connectivity index is 2.27. The second-order valence-corrected chi connectivity index (χ2v) is 3.85. The molecule has 0 radical (unpaired) electrons. The van der Waals surface area contributed by atoms with Crippen LogP contribution in [0, 0.1) is 5.92 Å². The molecule has 0 aliphatic carbocycles. The van der Waals surface area contributed by atoms with Gasteiger partial charge in [0.1, 0.15) is 11.4 Å². The Hall–Kier alpha value is -2.22. The van der Waals surface area contributed by atoms with Crippen LogP contribution in [0.4, 0.5) is 5.95 Å². The molecule has 94 valence electrons. The van der Waals surface area contributed by atoms with E-state index in [0.717, 1.165) is 0 Å². The van der Waals surface area contributed by atoms with Crippen molar-refractivity contribution in [3.8, 4) is 0 Å². The number of halogens is 1. The first-order valence-corrected chi connectivity index (χ1v) is 5.27. The number of imidazole rings is 1. The van der Waals surface area contributed by atoms with E-state index in [2.05, 4.69) is 25.3 Å². The van der Waals surface area contributed by atoms with Crippen LogP contribution < -0.4 is 5.32 Å². The van der Waals surface area contributed by atoms with E-state index in [0.29, 0.717) is 5.52 Å². The van der Waals surface area contributed by atoms with Crippen molar-refractivity contribution < 1.29 is 14.7 Å². The smallest absolute Gasteiger partial charge is 0.315 e. The van der Waals surface area contributed by atoms with Gasteiger partial charge in [0, 0.05) is 0 Å². The summed E-state index contributed by atoms with van der Waals surface area (Å²) in [7, 11) is 0. The van der Waals surface area contributed by atoms with E-state index in [4.69, 9.17) is 16.7 Å². The van der Waals surface area contributed by atoms with Crippen LogP contribution in [-0.2, 0) is 9.59 Å². The lowest BCUT2D eigenvalue weighted by Gasteiger charge is -2.06. The van der Waals surface area contributed by atoms with Gasteiger partial charge in [-0.3, -0.25) is 14.9 Å². The van der Waals surface area contributed by atoms with Crippen molar-refractivity contribution in [3.05, 3.63) is 11.5 Å². The maximum Gasteiger partial charge on any atom is 0.315 e. The van der Waals surface area contributed by atoms with Gasteiger partial charge in [-0.05, 0) is 6.92 Å². The highest BCUT2D eigenvalue weighted by Crippen LogP contribution is 2.18. The van der Waals surface area contributed by atoms with Crippen molar-refractivity contribution in [2.75, 3.05) is 5.32 Å². The van der Waals surface area contributed by atoms with E-state index in [-0.39, 0.29) is 16.7 Å². The van der Waals surface area contributed by atoms with Crippen LogP contribution in [0.5, 0.6) is 0 Å². The summed E-state index contributed by atoms with van der Waals surface area (Å²) in [5, 5.41) is 11.0. The largest absolute Gasteiger partial charge is 0.481 e. The summed E-state index contributed by atoms with van der Waals surface area (Å²) >= 11 is 5.84. The van der Waals surface area contributed by atoms with E-state index in [9.17, 15) is 9.59 Å². The average Bonchev–Trinajstić information content (AvgIpc) is 2.76. The molecule has 2 aromatic rings. The van der Waals surface area contributed by atoms with Crippen LogP contribution in [0.1, 0.15) is 6.92 Å². The molecule has 3 N–H and O–H groups in total. The van der Waals surface area contributed by atoms with Crippen LogP contribution in [-0.4, -0.2) is 36.9 Å². The fourth-order valence-corrected chi connectivity index (χ4v) is 1.40. The minimum atomic E-state index is -1.24. The molecule has 0 aliphatic heterocycles. The van der Waals surface area contributed by atoms with E-state index < -0.39 is 17.8 Å². The summed E-state index contributed by atoms with van der Waals surface area (Å²) < 4.78 is 0. The number of aliphatic carboxylic acids is 1. The number of hydrogen-bond acceptors (Lipinski definition) is 5. The van der Waals surface area contributed by atoms with Crippen LogP contribution >= 0.6 is 11.6 Å². The molecule has 9 heteroatoms. The van der Waals surface area contributed by atoms with Gasteiger partial charge in [-0.25, -0.2) is 4.98 Å². The third-order valence-corrected chi connectivity index (χ3v) is 2.51. The number of carbonyl (C=O) groups is 2. The minimum absolute atomic E-state index is 0.0855. The maximum absolute atomic E-state index is 11.5. The fourth-order valence-electron chi connectivity index (χ4n) is 1.18. The summed E-state index contributed by atoms with van der Waals surface area (Å²) in [5.74, 6) is -3.26. The Morgan fingerprint density at radius 2 is 2.22 bits per heavy atom. The predicted molar refractivity (Wildman–Crippen MR) is 62.1 cm³/mol. The fraction of sp³-hybridized carbons (Fsp3) is 0.222. The molecule has 0 fully saturated rings. The van der Waals surface area contributed by atoms with Crippen molar-refractivity contribution in [3.63, 3.8) is 0 Å². The van der Waals surface area contributed by atoms with Crippen LogP contribution in [0.25, 0.3) is 11.2 Å². The molecule has 0 aliphatic rings. The number of aromatic nitrogens is 4. The quantitative estimate of drug-likeness (QED) is 0.556. The molecule has 2 rings (SSSR count). The first-order chi connectivity index (χ1) is 8.49. The summed E-state index contributed by atoms with van der Waals surface area (Å²) in [5.41, 5.74) is 0.731. The number of carbonyl (C=O) groups excluding carboxylic acids is 1. The Morgan fingerprint density at radius 3 is 2.89 bits per heavy atom. The number of H-pyrrole nitrogens is 1. The number of carboxylic acid groups (broad SMARTS) is 1. The number of nitrogens with zero attached hydrogens (tertiary/aromatic N) is 3. The zero-order valence-corrected chi connectivity index (χ0v) is 9.89. The zero-order chi connectivity index (χ0) is 13.3. The molecule has 18 heavy (non-hydrogen) atoms. The SMILES string of the molecule is CC(C(=O)O)C(=O)Nc1nc(Cl)c2[nH]cnc2n1. The minimum Gasteiger partial charge on any atom is -0.481 e. The lowest BCUT2D eigenvalue weighted by Crippen LogP contribution is -2.27. The van der Waals surface area contributed by atoms with Gasteiger partial charge >= 0.3 is 5.97 Å². The number of fused-ring (bicyclic) bond motifs is 1. The second kappa shape index (κ2) is 4.57. The topological polar surface area (TPSA) is 121 Å². The first kappa shape index (κ1) is 12.2. The first-order valence-electron chi connectivity index (χ1n) is 4.89. The number of aromatic amines is 1. The van der Waals surface area contributed by atoms with Crippen molar-refractivity contribution in [1.29, 1.82) is 0 Å². The van der Waals surface area contributed by atoms with Gasteiger partial charge < -0.3 is 10.1 Å². The average molecular weight is 270 g/mol. The van der Waals surface area contributed by atoms with Crippen LogP contribution in [0.15, 0.2) is 6.33 Å². The Labute approximate surface area is 105 Å². The predicted octanol–water partition coefficient (Wildman–Crippen LogP) is 0.665. The lowest BCUT2D eigenvalue weighted by atomic mass is 10.2. The molecule has 0 aromatic carbocycles. The third kappa shape index (κ3) is 2.23. The van der Waals surface area contributed by atoms with Gasteiger partial charge in [0.05, 0.1) is 6.33 Å². The number of rotatable bonds is 3. The number of amides is 1. The second-order valence-electron chi connectivity index (χ2n) is 3.49. The molecular weight excluding hydrogens is 262 g/mol. The molecule has 0 saturated carbocycles. The molecule has 1 atom stereocenters. The molecule has 8 nitrogen and oxygen atoms in total. The van der Waals surface area contributed by atoms with E-state index in [1.165, 1.54) is 13.3 Å². The summed E-state index contributed by atoms with van der Waals surface area (Å²) in [6, 6.07) is 0. The van der Waals surface area contributed by atoms with Crippen LogP contribution in [0.2, 0.25) is 5.15 Å². The highest BCUT2D eigenvalue weighted by molar-refractivity contribution is 6.33. The number of carboxylic acids is 1. The third-order valence-electron chi connectivity index (χ3n) is 2.24. The molecule has 2 heterocycles. The molecule has 0 spiro atoms. The molecule has 1 unspecified atom stereocenters. The normalized spacial score (nSPS) is 12.3. The monoisotopic (exact) mass is 269 g/mol. The van der Waals surface area contributed by atoms with Gasteiger partial charge in [-0.15, -0.1) is 0 Å². The molecule has 0 saturated heterocycles. The summed E-state index contributed by atoms with van der Waals surface area (Å²) in [4.78, 5) is 36.5. The number of nitrogens with one attached hydrogen (secondary N) is 2. The van der Waals surface area contributed by atoms with Crippen molar-refractivity contribution in [2.24, 2.45) is 5.92 Å². The maximum atomic E-state index is 11.5. The molecule has 0 bridgehead atoms. The Bertz CT molecular complexity index is 626. The van der Waals surface area contributed by atoms with E-state index >= 15 is 0 Å². The Kier molecular flexibility index (Phi) is 3.11. The van der Waals surface area contributed by atoms with Gasteiger partial charge in [-0.1, -0.05) is 11.6 Å². The Morgan fingerprint density at radius 1 is 1.50 bits per heavy atom. The van der Waals surface area contributed by atoms with Gasteiger partial charge in [0.25, 0.3) is 0 Å². The summed E-state index contributed by atoms with van der Waals surface area (Å²) in [6.45, 7) is 1.26. The summed E-state index contributed by atoms with van der Waals surface area (Å²) in [6.07, 6.45) is 1.39. The highest BCUT2D eigenvalue weighted by atomic mass is 35.5. The van der Waals surface area contributed by atoms with E-state index in [1.54, 1.807) is 0 Å². The van der Waals surface area contributed by atoms with Gasteiger partial charge in [0.15, 0.2) is 10.8 Å². The lowest BCUT2D eigenvalue weighted by molar-refractivity contribution is -0.144. The number of hydrogen-bond donors (Lipinski definition) is 3. The standard InChI is InChI=1S/C9H8ClN5O3/c1-3(8(17)18)7(16)15-9-13-5(10)4-6(14-9)12-2-11-4/h2-3H,1H3,(H,17,18)(H2,11,12,13,14,15,16). The molecular formula is C9H8ClN5O3. The van der Waals surface area contributed by atoms with E-state index in [1.807, 2.05) is 0 Å². The molecule has 1 amide bonds. The number of anilines is 1. The zero-order valence-electron chi connectivity index (χ0n) is 9.14. The van der Waals surface area contributed by atoms with Gasteiger partial charge in [-0.2, -0.15) is 9.97 Å². The van der Waals surface area contributed by atoms with Crippen LogP contribution in [0.3, 0.4) is 0 Å². The van der Waals surface area contributed by atoms with Crippen molar-refractivity contribution in [1.82, 2.24) is 19.9 Å². The van der Waals surface area contributed by atoms with Crippen molar-refractivity contribution >= 4 is 40.6 Å². The highest BCUT2D eigenvalue weighted by Gasteiger charge is 2.21. The molecule has 2 aromatic heterocycles. The van der Waals surface area contributed by atoms with Crippen molar-refractivity contribution in [2.45, 2.75) is 6.92 Å².